The number of rotatable bonds is 7. The molecule has 5 heteroatoms. The number of halogens is 1. The average molecular weight is 342 g/mol. The van der Waals surface area contributed by atoms with Crippen molar-refractivity contribution < 1.29 is 8.42 Å². The smallest absolute Gasteiger partial charge is 0.234 e. The van der Waals surface area contributed by atoms with E-state index in [1.807, 2.05) is 24.3 Å². The highest BCUT2D eigenvalue weighted by Gasteiger charge is 2.26. The fourth-order valence-electron chi connectivity index (χ4n) is 2.71. The molecule has 0 aliphatic carbocycles. The summed E-state index contributed by atoms with van der Waals surface area (Å²) in [6.07, 6.45) is 7.31. The topological polar surface area (TPSA) is 37.4 Å². The van der Waals surface area contributed by atoms with Crippen LogP contribution < -0.4 is 0 Å². The summed E-state index contributed by atoms with van der Waals surface area (Å²) in [5, 5.41) is 0.687. The molecule has 0 atom stereocenters. The number of nitrogens with zero attached hydrogens (tertiary/aromatic N) is 1. The van der Waals surface area contributed by atoms with Crippen LogP contribution in [0.3, 0.4) is 0 Å². The van der Waals surface area contributed by atoms with Crippen LogP contribution in [0.5, 0.6) is 0 Å². The molecule has 0 unspecified atom stereocenters. The van der Waals surface area contributed by atoms with Crippen LogP contribution >= 0.6 is 11.6 Å². The first-order chi connectivity index (χ1) is 10.5. The highest BCUT2D eigenvalue weighted by Crippen LogP contribution is 2.31. The number of hydrogen-bond donors (Lipinski definition) is 0. The van der Waals surface area contributed by atoms with Crippen LogP contribution in [0.1, 0.15) is 57.1 Å². The minimum Gasteiger partial charge on any atom is -0.270 e. The second kappa shape index (κ2) is 7.51. The van der Waals surface area contributed by atoms with Gasteiger partial charge in [-0.25, -0.2) is 8.42 Å². The minimum absolute atomic E-state index is 0.127. The second-order valence-electron chi connectivity index (χ2n) is 5.70. The van der Waals surface area contributed by atoms with Crippen molar-refractivity contribution in [3.63, 3.8) is 0 Å². The van der Waals surface area contributed by atoms with Crippen molar-refractivity contribution in [1.82, 2.24) is 4.31 Å². The zero-order chi connectivity index (χ0) is 16.2. The second-order valence-corrected chi connectivity index (χ2v) is 8.32. The van der Waals surface area contributed by atoms with E-state index >= 15 is 0 Å². The van der Waals surface area contributed by atoms with Gasteiger partial charge in [0.05, 0.1) is 12.3 Å². The molecule has 1 aromatic rings. The van der Waals surface area contributed by atoms with E-state index in [9.17, 15) is 8.42 Å². The molecule has 0 fully saturated rings. The fraction of sp³-hybridized carbons (Fsp3) is 0.529. The van der Waals surface area contributed by atoms with E-state index in [0.29, 0.717) is 11.6 Å². The normalized spacial score (nSPS) is 14.7. The number of fused-ring (bicyclic) bond motifs is 1. The summed E-state index contributed by atoms with van der Waals surface area (Å²) in [5.41, 5.74) is 2.95. The molecule has 22 heavy (non-hydrogen) atoms. The number of benzene rings is 1. The molecule has 0 saturated carbocycles. The average Bonchev–Trinajstić information content (AvgIpc) is 2.50. The fourth-order valence-corrected chi connectivity index (χ4v) is 4.04. The van der Waals surface area contributed by atoms with Gasteiger partial charge in [-0.2, -0.15) is 0 Å². The Labute approximate surface area is 139 Å². The third-order valence-electron chi connectivity index (χ3n) is 4.05. The maximum Gasteiger partial charge on any atom is 0.234 e. The molecule has 0 saturated heterocycles. The summed E-state index contributed by atoms with van der Waals surface area (Å²) in [7, 11) is -3.23. The first-order valence-electron chi connectivity index (χ1n) is 7.97. The quantitative estimate of drug-likeness (QED) is 0.667. The lowest BCUT2D eigenvalue weighted by molar-refractivity contribution is 0.451. The Morgan fingerprint density at radius 3 is 2.64 bits per heavy atom. The largest absolute Gasteiger partial charge is 0.270 e. The van der Waals surface area contributed by atoms with E-state index in [4.69, 9.17) is 11.6 Å². The van der Waals surface area contributed by atoms with Gasteiger partial charge in [0.1, 0.15) is 0 Å². The van der Waals surface area contributed by atoms with Gasteiger partial charge in [0, 0.05) is 10.7 Å². The molecular weight excluding hydrogens is 318 g/mol. The highest BCUT2D eigenvalue weighted by molar-refractivity contribution is 7.89. The Balaban J connectivity index is 2.28. The maximum atomic E-state index is 12.4. The van der Waals surface area contributed by atoms with Crippen LogP contribution in [0.15, 0.2) is 23.9 Å². The lowest BCUT2D eigenvalue weighted by atomic mass is 10.0. The van der Waals surface area contributed by atoms with Gasteiger partial charge >= 0.3 is 0 Å². The van der Waals surface area contributed by atoms with E-state index in [1.54, 1.807) is 11.2 Å². The van der Waals surface area contributed by atoms with Crippen molar-refractivity contribution in [2.45, 2.75) is 52.5 Å². The Bertz CT molecular complexity index is 653. The van der Waals surface area contributed by atoms with Crippen molar-refractivity contribution in [2.24, 2.45) is 0 Å². The Morgan fingerprint density at radius 1 is 1.18 bits per heavy atom. The SMILES string of the molecule is CCCCCCC1=Cc2cc(Cl)ccc2CN1S(=O)(=O)CC. The first kappa shape index (κ1) is 17.4. The molecule has 0 amide bonds. The summed E-state index contributed by atoms with van der Waals surface area (Å²) in [5.74, 6) is 0.127. The van der Waals surface area contributed by atoms with Crippen molar-refractivity contribution in [2.75, 3.05) is 5.75 Å². The molecule has 1 aliphatic rings. The summed E-state index contributed by atoms with van der Waals surface area (Å²) in [4.78, 5) is 0. The lowest BCUT2D eigenvalue weighted by Gasteiger charge is -2.31. The molecule has 3 nitrogen and oxygen atoms in total. The van der Waals surface area contributed by atoms with E-state index < -0.39 is 10.0 Å². The Kier molecular flexibility index (Phi) is 5.93. The Hall–Kier alpha value is -1.00. The lowest BCUT2D eigenvalue weighted by Crippen LogP contribution is -2.33. The van der Waals surface area contributed by atoms with Gasteiger partial charge in [-0.1, -0.05) is 43.9 Å². The summed E-state index contributed by atoms with van der Waals surface area (Å²) in [6.45, 7) is 4.29. The van der Waals surface area contributed by atoms with Crippen LogP contribution in [0, 0.1) is 0 Å². The molecule has 0 spiro atoms. The third kappa shape index (κ3) is 4.05. The van der Waals surface area contributed by atoms with Crippen LogP contribution in [-0.2, 0) is 16.6 Å². The van der Waals surface area contributed by atoms with Crippen LogP contribution in [0.4, 0.5) is 0 Å². The molecule has 0 aromatic heterocycles. The zero-order valence-electron chi connectivity index (χ0n) is 13.3. The highest BCUT2D eigenvalue weighted by atomic mass is 35.5. The number of sulfonamides is 1. The Morgan fingerprint density at radius 2 is 1.95 bits per heavy atom. The molecule has 1 aromatic carbocycles. The van der Waals surface area contributed by atoms with Gasteiger partial charge in [0.25, 0.3) is 0 Å². The van der Waals surface area contributed by atoms with Gasteiger partial charge < -0.3 is 0 Å². The number of unbranched alkanes of at least 4 members (excludes halogenated alkanes) is 3. The third-order valence-corrected chi connectivity index (χ3v) is 6.05. The van der Waals surface area contributed by atoms with Gasteiger partial charge in [0.2, 0.25) is 10.0 Å². The number of hydrogen-bond acceptors (Lipinski definition) is 2. The van der Waals surface area contributed by atoms with E-state index in [2.05, 4.69) is 6.92 Å². The predicted molar refractivity (Wildman–Crippen MR) is 93.2 cm³/mol. The van der Waals surface area contributed by atoms with Crippen LogP contribution in [0.25, 0.3) is 6.08 Å². The zero-order valence-corrected chi connectivity index (χ0v) is 14.9. The van der Waals surface area contributed by atoms with Crippen LogP contribution in [0.2, 0.25) is 5.02 Å². The van der Waals surface area contributed by atoms with Gasteiger partial charge in [0.15, 0.2) is 0 Å². The molecule has 1 aliphatic heterocycles. The van der Waals surface area contributed by atoms with E-state index in [-0.39, 0.29) is 5.75 Å². The van der Waals surface area contributed by atoms with Crippen molar-refractivity contribution in [3.05, 3.63) is 40.0 Å². The van der Waals surface area contributed by atoms with Crippen molar-refractivity contribution in [1.29, 1.82) is 0 Å². The molecule has 1 heterocycles. The van der Waals surface area contributed by atoms with Gasteiger partial charge in [-0.15, -0.1) is 0 Å². The maximum absolute atomic E-state index is 12.4. The van der Waals surface area contributed by atoms with E-state index in [0.717, 1.165) is 36.1 Å². The summed E-state index contributed by atoms with van der Waals surface area (Å²) < 4.78 is 26.4. The summed E-state index contributed by atoms with van der Waals surface area (Å²) >= 11 is 6.06. The standard InChI is InChI=1S/C17H24ClNO2S/c1-3-5-6-7-8-17-12-15-11-16(18)10-9-14(15)13-19(17)22(20,21)4-2/h9-12H,3-8,13H2,1-2H3. The van der Waals surface area contributed by atoms with Gasteiger partial charge in [-0.3, -0.25) is 4.31 Å². The summed E-state index contributed by atoms with van der Waals surface area (Å²) in [6, 6.07) is 5.65. The predicted octanol–water partition coefficient (Wildman–Crippen LogP) is 4.82. The van der Waals surface area contributed by atoms with E-state index in [1.165, 1.54) is 12.8 Å². The van der Waals surface area contributed by atoms with Crippen molar-refractivity contribution in [3.8, 4) is 0 Å². The van der Waals surface area contributed by atoms with Gasteiger partial charge in [-0.05, 0) is 49.1 Å². The molecule has 2 rings (SSSR count). The first-order valence-corrected chi connectivity index (χ1v) is 9.96. The number of allylic oxidation sites excluding steroid dienone is 1. The minimum atomic E-state index is -3.23. The molecular formula is C17H24ClNO2S. The van der Waals surface area contributed by atoms with Crippen LogP contribution in [-0.4, -0.2) is 18.5 Å². The monoisotopic (exact) mass is 341 g/mol. The molecule has 0 bridgehead atoms. The van der Waals surface area contributed by atoms with Crippen molar-refractivity contribution >= 4 is 27.7 Å². The molecule has 0 N–H and O–H groups in total. The molecule has 0 radical (unpaired) electrons. The molecule has 122 valence electrons.